The highest BCUT2D eigenvalue weighted by Crippen LogP contribution is 2.38. The number of rotatable bonds is 3. The Morgan fingerprint density at radius 2 is 1.96 bits per heavy atom. The van der Waals surface area contributed by atoms with Gasteiger partial charge in [0.1, 0.15) is 0 Å². The molecule has 0 aliphatic carbocycles. The van der Waals surface area contributed by atoms with Crippen molar-refractivity contribution >= 4 is 57.9 Å². The highest BCUT2D eigenvalue weighted by Gasteiger charge is 2.28. The number of hydrogen-bond acceptors (Lipinski definition) is 3. The number of nitrogens with zero attached hydrogens (tertiary/aromatic N) is 1. The van der Waals surface area contributed by atoms with Crippen molar-refractivity contribution in [2.24, 2.45) is 0 Å². The zero-order valence-electron chi connectivity index (χ0n) is 14.4. The summed E-state index contributed by atoms with van der Waals surface area (Å²) in [6, 6.07) is 12.5. The van der Waals surface area contributed by atoms with Gasteiger partial charge in [-0.3, -0.25) is 4.79 Å². The van der Waals surface area contributed by atoms with Crippen molar-refractivity contribution in [1.29, 1.82) is 0 Å². The number of aromatic nitrogens is 1. The maximum absolute atomic E-state index is 12.9. The van der Waals surface area contributed by atoms with E-state index in [1.54, 1.807) is 23.1 Å². The van der Waals surface area contributed by atoms with Crippen molar-refractivity contribution < 1.29 is 19.4 Å². The summed E-state index contributed by atoms with van der Waals surface area (Å²) in [5, 5.41) is 10.3. The minimum Gasteiger partial charge on any atom is -0.449 e. The molecule has 0 atom stereocenters. The topological polar surface area (TPSA) is 82.6 Å². The lowest BCUT2D eigenvalue weighted by atomic mass is 10.1. The summed E-state index contributed by atoms with van der Waals surface area (Å²) < 4.78 is 4.87. The molecular formula is C20H14Cl2N2O4. The second kappa shape index (κ2) is 7.22. The molecule has 0 spiro atoms. The van der Waals surface area contributed by atoms with Crippen molar-refractivity contribution in [3.8, 4) is 5.88 Å². The summed E-state index contributed by atoms with van der Waals surface area (Å²) in [5.74, 6) is -0.156. The molecule has 2 heterocycles. The molecule has 1 aliphatic rings. The Labute approximate surface area is 169 Å². The van der Waals surface area contributed by atoms with E-state index in [2.05, 4.69) is 4.98 Å². The Kier molecular flexibility index (Phi) is 4.75. The van der Waals surface area contributed by atoms with Crippen LogP contribution in [0.2, 0.25) is 10.0 Å². The van der Waals surface area contributed by atoms with Crippen LogP contribution >= 0.6 is 23.2 Å². The van der Waals surface area contributed by atoms with Crippen LogP contribution < -0.4 is 9.64 Å². The summed E-state index contributed by atoms with van der Waals surface area (Å²) in [6.45, 7) is 0.533. The Hall–Kier alpha value is -2.96. The molecule has 0 unspecified atom stereocenters. The number of benzene rings is 2. The van der Waals surface area contributed by atoms with Gasteiger partial charge in [0.05, 0.1) is 10.5 Å². The monoisotopic (exact) mass is 416 g/mol. The molecule has 28 heavy (non-hydrogen) atoms. The average Bonchev–Trinajstić information content (AvgIpc) is 3.16. The number of ether oxygens (including phenoxy) is 1. The van der Waals surface area contributed by atoms with Crippen LogP contribution in [-0.2, 0) is 4.79 Å². The number of halogens is 2. The predicted octanol–water partition coefficient (Wildman–Crippen LogP) is 5.35. The number of carbonyl (C=O) groups excluding carboxylic acids is 1. The van der Waals surface area contributed by atoms with E-state index in [9.17, 15) is 9.59 Å². The second-order valence-corrected chi connectivity index (χ2v) is 7.10. The number of anilines is 1. The van der Waals surface area contributed by atoms with Crippen molar-refractivity contribution in [2.45, 2.75) is 6.42 Å². The zero-order valence-corrected chi connectivity index (χ0v) is 15.9. The molecule has 1 amide bonds. The van der Waals surface area contributed by atoms with Crippen molar-refractivity contribution in [3.63, 3.8) is 0 Å². The first kappa shape index (κ1) is 18.4. The van der Waals surface area contributed by atoms with Gasteiger partial charge in [-0.15, -0.1) is 0 Å². The van der Waals surface area contributed by atoms with Gasteiger partial charge in [0, 0.05) is 33.8 Å². The van der Waals surface area contributed by atoms with Crippen LogP contribution in [0.1, 0.15) is 12.0 Å². The molecule has 6 nitrogen and oxygen atoms in total. The molecule has 0 saturated carbocycles. The van der Waals surface area contributed by atoms with Crippen molar-refractivity contribution in [1.82, 2.24) is 4.98 Å². The molecule has 1 aromatic heterocycles. The minimum absolute atomic E-state index is 0.00914. The number of amides is 1. The van der Waals surface area contributed by atoms with E-state index >= 15 is 0 Å². The van der Waals surface area contributed by atoms with Crippen molar-refractivity contribution in [2.75, 3.05) is 11.4 Å². The number of hydrogen-bond donors (Lipinski definition) is 2. The largest absolute Gasteiger partial charge is 0.512 e. The van der Waals surface area contributed by atoms with Gasteiger partial charge in [-0.2, -0.15) is 0 Å². The lowest BCUT2D eigenvalue weighted by Gasteiger charge is -2.14. The summed E-state index contributed by atoms with van der Waals surface area (Å²) in [6.07, 6.45) is 0.664. The van der Waals surface area contributed by atoms with Crippen LogP contribution in [0.5, 0.6) is 5.88 Å². The lowest BCUT2D eigenvalue weighted by molar-refractivity contribution is -0.114. The molecule has 2 N–H and O–H groups in total. The van der Waals surface area contributed by atoms with Gasteiger partial charge >= 0.3 is 6.16 Å². The van der Waals surface area contributed by atoms with E-state index in [1.165, 1.54) is 0 Å². The normalized spacial score (nSPS) is 15.6. The molecule has 1 aliphatic heterocycles. The fourth-order valence-corrected chi connectivity index (χ4v) is 3.93. The van der Waals surface area contributed by atoms with Gasteiger partial charge in [0.15, 0.2) is 0 Å². The van der Waals surface area contributed by atoms with E-state index in [0.717, 1.165) is 5.69 Å². The van der Waals surface area contributed by atoms with Gasteiger partial charge in [-0.1, -0.05) is 41.4 Å². The van der Waals surface area contributed by atoms with Crippen LogP contribution in [0, 0.1) is 0 Å². The number of para-hydroxylation sites is 1. The fourth-order valence-electron chi connectivity index (χ4n) is 3.33. The Balaban J connectivity index is 1.80. The third kappa shape index (κ3) is 3.32. The number of H-pyrrole nitrogens is 1. The molecule has 0 radical (unpaired) electrons. The first-order chi connectivity index (χ1) is 13.4. The van der Waals surface area contributed by atoms with Gasteiger partial charge < -0.3 is 19.7 Å². The SMILES string of the molecule is O=C(O)Oc1[nH]c2cc(Cl)cc(Cl)c2c1/C=C1\CCN(c2ccccc2)C1=O. The van der Waals surface area contributed by atoms with Crippen molar-refractivity contribution in [3.05, 3.63) is 63.6 Å². The van der Waals surface area contributed by atoms with Gasteiger partial charge in [0.2, 0.25) is 5.88 Å². The second-order valence-electron chi connectivity index (χ2n) is 6.26. The Morgan fingerprint density at radius 3 is 2.68 bits per heavy atom. The molecule has 0 bridgehead atoms. The fraction of sp³-hybridized carbons (Fsp3) is 0.100. The quantitative estimate of drug-likeness (QED) is 0.445. The maximum Gasteiger partial charge on any atom is 0.512 e. The highest BCUT2D eigenvalue weighted by molar-refractivity contribution is 6.39. The smallest absolute Gasteiger partial charge is 0.449 e. The number of fused-ring (bicyclic) bond motifs is 1. The molecule has 8 heteroatoms. The molecule has 3 aromatic rings. The number of nitrogens with one attached hydrogen (secondary N) is 1. The lowest BCUT2D eigenvalue weighted by Crippen LogP contribution is -2.24. The number of carbonyl (C=O) groups is 2. The molecule has 1 fully saturated rings. The van der Waals surface area contributed by atoms with E-state index < -0.39 is 6.16 Å². The summed E-state index contributed by atoms with van der Waals surface area (Å²) >= 11 is 12.4. The molecular weight excluding hydrogens is 403 g/mol. The van der Waals surface area contributed by atoms with Crippen LogP contribution in [0.3, 0.4) is 0 Å². The molecule has 2 aromatic carbocycles. The zero-order chi connectivity index (χ0) is 19.8. The summed E-state index contributed by atoms with van der Waals surface area (Å²) in [7, 11) is 0. The Bertz CT molecular complexity index is 1120. The summed E-state index contributed by atoms with van der Waals surface area (Å²) in [4.78, 5) is 28.5. The average molecular weight is 417 g/mol. The van der Waals surface area contributed by atoms with E-state index in [1.807, 2.05) is 30.3 Å². The van der Waals surface area contributed by atoms with Gasteiger partial charge in [-0.25, -0.2) is 4.79 Å². The van der Waals surface area contributed by atoms with Crippen LogP contribution in [-0.4, -0.2) is 28.7 Å². The molecule has 4 rings (SSSR count). The number of carboxylic acid groups (broad SMARTS) is 1. The van der Waals surface area contributed by atoms with E-state index in [0.29, 0.717) is 45.1 Å². The standard InChI is InChI=1S/C20H14Cl2N2O4/c21-12-9-15(22)17-14(18(28-20(26)27)23-16(17)10-12)8-11-6-7-24(19(11)25)13-4-2-1-3-5-13/h1-5,8-10,23H,6-7H2,(H,26,27)/b11-8+. The van der Waals surface area contributed by atoms with Gasteiger partial charge in [0.25, 0.3) is 5.91 Å². The number of aromatic amines is 1. The maximum atomic E-state index is 12.9. The predicted molar refractivity (Wildman–Crippen MR) is 108 cm³/mol. The molecule has 142 valence electrons. The Morgan fingerprint density at radius 1 is 1.21 bits per heavy atom. The van der Waals surface area contributed by atoms with Crippen LogP contribution in [0.25, 0.3) is 17.0 Å². The van der Waals surface area contributed by atoms with E-state index in [-0.39, 0.29) is 11.8 Å². The first-order valence-electron chi connectivity index (χ1n) is 8.43. The van der Waals surface area contributed by atoms with Crippen LogP contribution in [0.15, 0.2) is 48.0 Å². The summed E-state index contributed by atoms with van der Waals surface area (Å²) in [5.41, 5.74) is 2.26. The molecule has 1 saturated heterocycles. The third-order valence-electron chi connectivity index (χ3n) is 4.52. The first-order valence-corrected chi connectivity index (χ1v) is 9.18. The minimum atomic E-state index is -1.47. The third-order valence-corrected chi connectivity index (χ3v) is 5.03. The van der Waals surface area contributed by atoms with E-state index in [4.69, 9.17) is 33.0 Å². The van der Waals surface area contributed by atoms with Crippen LogP contribution in [0.4, 0.5) is 10.5 Å². The highest BCUT2D eigenvalue weighted by atomic mass is 35.5. The van der Waals surface area contributed by atoms with Gasteiger partial charge in [-0.05, 0) is 36.8 Å².